The van der Waals surface area contributed by atoms with Gasteiger partial charge in [0.05, 0.1) is 6.61 Å². The minimum atomic E-state index is -0.216. The summed E-state index contributed by atoms with van der Waals surface area (Å²) >= 11 is 0. The predicted molar refractivity (Wildman–Crippen MR) is 121 cm³/mol. The summed E-state index contributed by atoms with van der Waals surface area (Å²) in [4.78, 5) is 25.1. The predicted octanol–water partition coefficient (Wildman–Crippen LogP) is 5.51. The van der Waals surface area contributed by atoms with E-state index in [-0.39, 0.29) is 17.1 Å². The van der Waals surface area contributed by atoms with Crippen LogP contribution in [0, 0.1) is 5.41 Å². The second kappa shape index (κ2) is 8.37. The second-order valence-electron chi connectivity index (χ2n) is 9.95. The summed E-state index contributed by atoms with van der Waals surface area (Å²) in [5.74, 6) is 0.947. The van der Waals surface area contributed by atoms with Crippen LogP contribution in [0.3, 0.4) is 0 Å². The SMILES string of the molecule is CC(C)(C)COC(=O)N1CCC2(CCc3cc(-c4ccc(C=O)cc4)ccc3O2)CC1. The molecule has 0 aromatic heterocycles. The van der Waals surface area contributed by atoms with E-state index in [1.54, 1.807) is 0 Å². The van der Waals surface area contributed by atoms with Crippen LogP contribution in [0.5, 0.6) is 5.75 Å². The molecule has 5 nitrogen and oxygen atoms in total. The van der Waals surface area contributed by atoms with Crippen molar-refractivity contribution < 1.29 is 19.1 Å². The first-order valence-electron chi connectivity index (χ1n) is 11.1. The van der Waals surface area contributed by atoms with Crippen LogP contribution in [0.15, 0.2) is 42.5 Å². The smallest absolute Gasteiger partial charge is 0.409 e. The fourth-order valence-corrected chi connectivity index (χ4v) is 4.27. The van der Waals surface area contributed by atoms with Gasteiger partial charge in [-0.1, -0.05) is 51.1 Å². The Balaban J connectivity index is 1.39. The summed E-state index contributed by atoms with van der Waals surface area (Å²) < 4.78 is 12.0. The maximum atomic E-state index is 12.4. The zero-order valence-corrected chi connectivity index (χ0v) is 18.6. The zero-order valence-electron chi connectivity index (χ0n) is 18.6. The molecule has 0 bridgehead atoms. The highest BCUT2D eigenvalue weighted by Gasteiger charge is 2.41. The molecule has 1 fully saturated rings. The molecule has 2 aromatic carbocycles. The molecule has 2 aromatic rings. The monoisotopic (exact) mass is 421 g/mol. The fraction of sp³-hybridized carbons (Fsp3) is 0.462. The van der Waals surface area contributed by atoms with Crippen LogP contribution in [0.1, 0.15) is 56.0 Å². The Labute approximate surface area is 184 Å². The van der Waals surface area contributed by atoms with Crippen LogP contribution < -0.4 is 4.74 Å². The number of likely N-dealkylation sites (tertiary alicyclic amines) is 1. The van der Waals surface area contributed by atoms with Crippen LogP contribution >= 0.6 is 0 Å². The second-order valence-corrected chi connectivity index (χ2v) is 9.95. The van der Waals surface area contributed by atoms with Crippen LogP contribution in [-0.2, 0) is 11.2 Å². The third kappa shape index (κ3) is 4.92. The number of fused-ring (bicyclic) bond motifs is 1. The summed E-state index contributed by atoms with van der Waals surface area (Å²) in [6.45, 7) is 7.94. The van der Waals surface area contributed by atoms with Crippen molar-refractivity contribution in [2.45, 2.75) is 52.1 Å². The molecule has 2 aliphatic heterocycles. The molecule has 31 heavy (non-hydrogen) atoms. The van der Waals surface area contributed by atoms with Gasteiger partial charge in [0.25, 0.3) is 0 Å². The van der Waals surface area contributed by atoms with Crippen LogP contribution in [-0.4, -0.2) is 42.6 Å². The van der Waals surface area contributed by atoms with E-state index >= 15 is 0 Å². The molecule has 164 valence electrons. The number of aldehydes is 1. The first kappa shape index (κ1) is 21.4. The molecular formula is C26H31NO4. The number of ether oxygens (including phenoxy) is 2. The normalized spacial score (nSPS) is 17.6. The number of piperidine rings is 1. The van der Waals surface area contributed by atoms with Crippen molar-refractivity contribution in [2.75, 3.05) is 19.7 Å². The number of carbonyl (C=O) groups excluding carboxylic acids is 2. The highest BCUT2D eigenvalue weighted by Crippen LogP contribution is 2.41. The molecule has 4 rings (SSSR count). The molecule has 0 atom stereocenters. The van der Waals surface area contributed by atoms with Gasteiger partial charge in [-0.2, -0.15) is 0 Å². The highest BCUT2D eigenvalue weighted by molar-refractivity contribution is 5.77. The molecule has 1 saturated heterocycles. The minimum absolute atomic E-state index is 0.0295. The number of rotatable bonds is 3. The maximum absolute atomic E-state index is 12.4. The van der Waals surface area contributed by atoms with E-state index in [1.807, 2.05) is 29.2 Å². The summed E-state index contributed by atoms with van der Waals surface area (Å²) in [7, 11) is 0. The molecule has 2 aliphatic rings. The highest BCUT2D eigenvalue weighted by atomic mass is 16.6. The third-order valence-electron chi connectivity index (χ3n) is 6.18. The van der Waals surface area contributed by atoms with Crippen molar-refractivity contribution in [2.24, 2.45) is 5.41 Å². The summed E-state index contributed by atoms with van der Waals surface area (Å²) in [5.41, 5.74) is 3.90. The van der Waals surface area contributed by atoms with Gasteiger partial charge in [-0.15, -0.1) is 0 Å². The summed E-state index contributed by atoms with van der Waals surface area (Å²) in [6.07, 6.45) is 4.21. The lowest BCUT2D eigenvalue weighted by Gasteiger charge is -2.44. The van der Waals surface area contributed by atoms with Crippen molar-refractivity contribution in [3.8, 4) is 16.9 Å². The quantitative estimate of drug-likeness (QED) is 0.614. The number of amides is 1. The molecule has 0 unspecified atom stereocenters. The van der Waals surface area contributed by atoms with Gasteiger partial charge >= 0.3 is 6.09 Å². The lowest BCUT2D eigenvalue weighted by molar-refractivity contribution is -0.0171. The largest absolute Gasteiger partial charge is 0.487 e. The lowest BCUT2D eigenvalue weighted by atomic mass is 9.82. The van der Waals surface area contributed by atoms with Gasteiger partial charge in [0.1, 0.15) is 17.6 Å². The number of benzene rings is 2. The topological polar surface area (TPSA) is 55.8 Å². The Morgan fingerprint density at radius 2 is 1.74 bits per heavy atom. The molecule has 0 aliphatic carbocycles. The van der Waals surface area contributed by atoms with Gasteiger partial charge in [-0.25, -0.2) is 4.79 Å². The standard InChI is InChI=1S/C26H31NO4/c1-25(2,3)18-30-24(29)27-14-12-26(13-15-27)11-10-22-16-21(8-9-23(22)31-26)20-6-4-19(17-28)5-7-20/h4-9,16-17H,10-15,18H2,1-3H3. The number of hydrogen-bond acceptors (Lipinski definition) is 4. The van der Waals surface area contributed by atoms with Gasteiger partial charge in [0.15, 0.2) is 0 Å². The van der Waals surface area contributed by atoms with Gasteiger partial charge in [0.2, 0.25) is 0 Å². The third-order valence-corrected chi connectivity index (χ3v) is 6.18. The Morgan fingerprint density at radius 3 is 2.39 bits per heavy atom. The van der Waals surface area contributed by atoms with E-state index in [0.29, 0.717) is 25.3 Å². The maximum Gasteiger partial charge on any atom is 0.409 e. The van der Waals surface area contributed by atoms with Gasteiger partial charge in [-0.05, 0) is 47.1 Å². The summed E-state index contributed by atoms with van der Waals surface area (Å²) in [5, 5.41) is 0. The molecule has 0 N–H and O–H groups in total. The number of carbonyl (C=O) groups is 2. The molecular weight excluding hydrogens is 390 g/mol. The molecule has 1 amide bonds. The van der Waals surface area contributed by atoms with E-state index in [0.717, 1.165) is 48.8 Å². The summed E-state index contributed by atoms with van der Waals surface area (Å²) in [6, 6.07) is 14.0. The van der Waals surface area contributed by atoms with E-state index in [9.17, 15) is 9.59 Å². The average Bonchev–Trinajstić information content (AvgIpc) is 2.77. The van der Waals surface area contributed by atoms with Gasteiger partial charge in [0, 0.05) is 31.5 Å². The molecule has 2 heterocycles. The number of hydrogen-bond donors (Lipinski definition) is 0. The van der Waals surface area contributed by atoms with E-state index in [1.165, 1.54) is 5.56 Å². The molecule has 0 radical (unpaired) electrons. The molecule has 5 heteroatoms. The van der Waals surface area contributed by atoms with Crippen LogP contribution in [0.4, 0.5) is 4.79 Å². The lowest BCUT2D eigenvalue weighted by Crippen LogP contribution is -2.51. The van der Waals surface area contributed by atoms with Crippen LogP contribution in [0.2, 0.25) is 0 Å². The number of aryl methyl sites for hydroxylation is 1. The van der Waals surface area contributed by atoms with Gasteiger partial charge < -0.3 is 14.4 Å². The van der Waals surface area contributed by atoms with Crippen molar-refractivity contribution in [3.63, 3.8) is 0 Å². The van der Waals surface area contributed by atoms with Crippen LogP contribution in [0.25, 0.3) is 11.1 Å². The van der Waals surface area contributed by atoms with E-state index in [2.05, 4.69) is 39.0 Å². The first-order valence-corrected chi connectivity index (χ1v) is 11.1. The van der Waals surface area contributed by atoms with Gasteiger partial charge in [-0.3, -0.25) is 4.79 Å². The Bertz CT molecular complexity index is 950. The molecule has 1 spiro atoms. The Hall–Kier alpha value is -2.82. The first-order chi connectivity index (χ1) is 14.8. The van der Waals surface area contributed by atoms with Crippen molar-refractivity contribution in [1.82, 2.24) is 4.90 Å². The minimum Gasteiger partial charge on any atom is -0.487 e. The van der Waals surface area contributed by atoms with Crippen molar-refractivity contribution in [3.05, 3.63) is 53.6 Å². The van der Waals surface area contributed by atoms with Crippen molar-refractivity contribution >= 4 is 12.4 Å². The Morgan fingerprint density at radius 1 is 1.06 bits per heavy atom. The fourth-order valence-electron chi connectivity index (χ4n) is 4.27. The van der Waals surface area contributed by atoms with E-state index in [4.69, 9.17) is 9.47 Å². The number of nitrogens with zero attached hydrogens (tertiary/aromatic N) is 1. The van der Waals surface area contributed by atoms with Crippen molar-refractivity contribution in [1.29, 1.82) is 0 Å². The Kier molecular flexibility index (Phi) is 5.78. The average molecular weight is 422 g/mol. The molecule has 0 saturated carbocycles. The van der Waals surface area contributed by atoms with E-state index < -0.39 is 0 Å². The zero-order chi connectivity index (χ0) is 22.1.